The summed E-state index contributed by atoms with van der Waals surface area (Å²) in [6, 6.07) is 10.2. The van der Waals surface area contributed by atoms with Crippen LogP contribution in [-0.4, -0.2) is 69.4 Å². The topological polar surface area (TPSA) is 89.0 Å². The number of carboxylic acids is 1. The highest BCUT2D eigenvalue weighted by molar-refractivity contribution is 7.91. The minimum Gasteiger partial charge on any atom is -0.616 e. The molecule has 2 aliphatic heterocycles. The lowest BCUT2D eigenvalue weighted by Gasteiger charge is -2.37. The summed E-state index contributed by atoms with van der Waals surface area (Å²) in [6.45, 7) is 4.23. The Morgan fingerprint density at radius 3 is 2.64 bits per heavy atom. The summed E-state index contributed by atoms with van der Waals surface area (Å²) in [4.78, 5) is 19.6. The molecule has 2 aliphatic rings. The number of hydrogen-bond donors (Lipinski definition) is 1. The molecule has 2 aromatic carbocycles. The first-order valence-electron chi connectivity index (χ1n) is 13.6. The number of thiazole rings is 1. The van der Waals surface area contributed by atoms with Crippen LogP contribution in [0.3, 0.4) is 0 Å². The van der Waals surface area contributed by atoms with Crippen LogP contribution in [0, 0.1) is 24.6 Å². The van der Waals surface area contributed by atoms with E-state index in [9.17, 15) is 32.0 Å². The van der Waals surface area contributed by atoms with Crippen LogP contribution in [0.5, 0.6) is 5.75 Å². The van der Waals surface area contributed by atoms with Crippen molar-refractivity contribution >= 4 is 33.6 Å². The molecule has 5 rings (SSSR count). The lowest BCUT2D eigenvalue weighted by Crippen LogP contribution is -2.49. The number of piperidine rings is 1. The molecule has 7 nitrogen and oxygen atoms in total. The number of rotatable bonds is 8. The van der Waals surface area contributed by atoms with Crippen molar-refractivity contribution in [1.29, 1.82) is 0 Å². The Balaban J connectivity index is 1.28. The van der Waals surface area contributed by atoms with Crippen molar-refractivity contribution in [3.8, 4) is 17.0 Å². The molecule has 3 heterocycles. The highest BCUT2D eigenvalue weighted by atomic mass is 32.2. The summed E-state index contributed by atoms with van der Waals surface area (Å²) < 4.78 is 72.9. The van der Waals surface area contributed by atoms with E-state index in [1.165, 1.54) is 23.1 Å². The zero-order valence-corrected chi connectivity index (χ0v) is 24.5. The average molecular weight is 626 g/mol. The van der Waals surface area contributed by atoms with E-state index in [1.54, 1.807) is 5.38 Å². The molecule has 3 aromatic rings. The number of benzene rings is 2. The zero-order chi connectivity index (χ0) is 30.0. The third kappa shape index (κ3) is 7.19. The normalized spacial score (nSPS) is 20.6. The molecule has 0 radical (unpaired) electrons. The number of aryl methyl sites for hydroxylation is 1. The number of halogens is 4. The zero-order valence-electron chi connectivity index (χ0n) is 22.9. The maximum Gasteiger partial charge on any atom is 0.394 e. The second kappa shape index (κ2) is 12.8. The molecular formula is C29H31F4N3O4S2. The minimum absolute atomic E-state index is 0.121. The van der Waals surface area contributed by atoms with Gasteiger partial charge in [-0.2, -0.15) is 13.2 Å². The first-order chi connectivity index (χ1) is 20.0. The Kier molecular flexibility index (Phi) is 9.31. The molecule has 226 valence electrons. The van der Waals surface area contributed by atoms with Gasteiger partial charge in [-0.3, -0.25) is 9.69 Å². The molecule has 0 bridgehead atoms. The van der Waals surface area contributed by atoms with Gasteiger partial charge in [-0.25, -0.2) is 9.37 Å². The van der Waals surface area contributed by atoms with Crippen LogP contribution in [0.2, 0.25) is 0 Å². The standard InChI is InChI=1S/C29H31F4N3O4S2/c1-18-12-19(14-35-8-10-42(39)11-9-35)2-3-20(18)16-40-26-5-4-21(30)13-23(26)25-17-41-28(34-25)36-7-6-22(27(37)38)24(15-36)29(31,32)33/h2-5,12-13,17,22,24H,6-11,14-16H2,1H3,(H,37,38). The van der Waals surface area contributed by atoms with E-state index in [0.717, 1.165) is 47.7 Å². The van der Waals surface area contributed by atoms with Gasteiger partial charge in [0, 0.05) is 43.7 Å². The van der Waals surface area contributed by atoms with Crippen molar-refractivity contribution < 1.29 is 36.8 Å². The van der Waals surface area contributed by atoms with E-state index in [2.05, 4.69) is 16.0 Å². The van der Waals surface area contributed by atoms with Gasteiger partial charge < -0.3 is 19.3 Å². The van der Waals surface area contributed by atoms with Gasteiger partial charge in [-0.1, -0.05) is 29.4 Å². The number of anilines is 1. The molecule has 13 heteroatoms. The van der Waals surface area contributed by atoms with Crippen LogP contribution < -0.4 is 9.64 Å². The highest BCUT2D eigenvalue weighted by Crippen LogP contribution is 2.41. The van der Waals surface area contributed by atoms with Crippen LogP contribution >= 0.6 is 11.3 Å². The summed E-state index contributed by atoms with van der Waals surface area (Å²) in [5.41, 5.74) is 3.88. The minimum atomic E-state index is -4.66. The molecule has 0 aliphatic carbocycles. The Morgan fingerprint density at radius 1 is 1.19 bits per heavy atom. The van der Waals surface area contributed by atoms with E-state index < -0.39 is 47.5 Å². The monoisotopic (exact) mass is 625 g/mol. The molecule has 0 amide bonds. The van der Waals surface area contributed by atoms with Gasteiger partial charge in [0.05, 0.1) is 17.5 Å². The number of carbonyl (C=O) groups is 1. The summed E-state index contributed by atoms with van der Waals surface area (Å²) in [5.74, 6) is -3.69. The van der Waals surface area contributed by atoms with E-state index in [-0.39, 0.29) is 19.6 Å². The molecule has 1 N–H and O–H groups in total. The van der Waals surface area contributed by atoms with Gasteiger partial charge in [0.15, 0.2) is 5.13 Å². The smallest absolute Gasteiger partial charge is 0.394 e. The van der Waals surface area contributed by atoms with Crippen molar-refractivity contribution in [3.63, 3.8) is 0 Å². The number of aromatic nitrogens is 1. The summed E-state index contributed by atoms with van der Waals surface area (Å²) in [5, 5.41) is 11.2. The molecule has 2 atom stereocenters. The SMILES string of the molecule is Cc1cc(CN2CC[S+]([O-])CC2)ccc1COc1ccc(F)cc1-c1csc(N2CCC(C(=O)O)C(C(F)(F)F)C2)n1. The lowest BCUT2D eigenvalue weighted by atomic mass is 9.85. The van der Waals surface area contributed by atoms with Gasteiger partial charge >= 0.3 is 12.1 Å². The number of hydrogen-bond acceptors (Lipinski definition) is 7. The fraction of sp³-hybridized carbons (Fsp3) is 0.448. The highest BCUT2D eigenvalue weighted by Gasteiger charge is 2.50. The largest absolute Gasteiger partial charge is 0.616 e. The molecule has 2 unspecified atom stereocenters. The van der Waals surface area contributed by atoms with Gasteiger partial charge in [-0.15, -0.1) is 11.3 Å². The number of carboxylic acid groups (broad SMARTS) is 1. The fourth-order valence-electron chi connectivity index (χ4n) is 5.38. The summed E-state index contributed by atoms with van der Waals surface area (Å²) in [6.07, 6.45) is -4.81. The molecule has 0 spiro atoms. The van der Waals surface area contributed by atoms with Gasteiger partial charge in [0.1, 0.15) is 29.7 Å². The van der Waals surface area contributed by atoms with Gasteiger partial charge in [0.25, 0.3) is 0 Å². The molecule has 42 heavy (non-hydrogen) atoms. The third-order valence-electron chi connectivity index (χ3n) is 7.80. The third-order valence-corrected chi connectivity index (χ3v) is 9.97. The first-order valence-corrected chi connectivity index (χ1v) is 15.9. The molecule has 2 fully saturated rings. The van der Waals surface area contributed by atoms with Gasteiger partial charge in [-0.05, 0) is 48.2 Å². The van der Waals surface area contributed by atoms with Crippen molar-refractivity contribution in [2.45, 2.75) is 32.7 Å². The quantitative estimate of drug-likeness (QED) is 0.262. The summed E-state index contributed by atoms with van der Waals surface area (Å²) >= 11 is 0.400. The Bertz CT molecular complexity index is 1410. The van der Waals surface area contributed by atoms with Crippen LogP contribution in [0.1, 0.15) is 23.1 Å². The van der Waals surface area contributed by atoms with Gasteiger partial charge in [0.2, 0.25) is 0 Å². The lowest BCUT2D eigenvalue weighted by molar-refractivity contribution is -0.197. The van der Waals surface area contributed by atoms with Crippen molar-refractivity contribution in [1.82, 2.24) is 9.88 Å². The van der Waals surface area contributed by atoms with Crippen molar-refractivity contribution in [2.75, 3.05) is 42.6 Å². The molecule has 0 saturated carbocycles. The van der Waals surface area contributed by atoms with E-state index in [4.69, 9.17) is 4.74 Å². The number of aliphatic carboxylic acids is 1. The number of nitrogens with zero attached hydrogens (tertiary/aromatic N) is 3. The van der Waals surface area contributed by atoms with Crippen LogP contribution in [0.25, 0.3) is 11.3 Å². The molecule has 2 saturated heterocycles. The molecule has 1 aromatic heterocycles. The Labute approximate surface area is 248 Å². The van der Waals surface area contributed by atoms with Crippen molar-refractivity contribution in [2.24, 2.45) is 11.8 Å². The number of ether oxygens (including phenoxy) is 1. The van der Waals surface area contributed by atoms with Crippen LogP contribution in [-0.2, 0) is 29.1 Å². The second-order valence-corrected chi connectivity index (χ2v) is 13.2. The predicted molar refractivity (Wildman–Crippen MR) is 154 cm³/mol. The Hall–Kier alpha value is -2.87. The van der Waals surface area contributed by atoms with E-state index >= 15 is 0 Å². The van der Waals surface area contributed by atoms with E-state index in [0.29, 0.717) is 33.6 Å². The maximum atomic E-state index is 14.3. The predicted octanol–water partition coefficient (Wildman–Crippen LogP) is 5.49. The fourth-order valence-corrected chi connectivity index (χ4v) is 7.37. The first kappa shape index (κ1) is 30.6. The second-order valence-electron chi connectivity index (χ2n) is 10.7. The molecular weight excluding hydrogens is 594 g/mol. The van der Waals surface area contributed by atoms with Crippen LogP contribution in [0.15, 0.2) is 41.8 Å². The number of alkyl halides is 3. The average Bonchev–Trinajstić information content (AvgIpc) is 3.44. The Morgan fingerprint density at radius 2 is 1.95 bits per heavy atom. The van der Waals surface area contributed by atoms with Crippen molar-refractivity contribution in [3.05, 3.63) is 64.3 Å². The van der Waals surface area contributed by atoms with E-state index in [1.807, 2.05) is 19.1 Å². The maximum absolute atomic E-state index is 14.3. The van der Waals surface area contributed by atoms with Crippen LogP contribution in [0.4, 0.5) is 22.7 Å². The summed E-state index contributed by atoms with van der Waals surface area (Å²) in [7, 11) is 0.